The first-order valence-corrected chi connectivity index (χ1v) is 15.6. The average molecular weight is 620 g/mol. The molecule has 0 aromatic heterocycles. The molecule has 1 saturated heterocycles. The summed E-state index contributed by atoms with van der Waals surface area (Å²) < 4.78 is 22.1. The van der Waals surface area contributed by atoms with Crippen LogP contribution in [0.5, 0.6) is 11.5 Å². The molecule has 1 amide bonds. The van der Waals surface area contributed by atoms with Crippen molar-refractivity contribution in [3.8, 4) is 11.5 Å². The Hall–Kier alpha value is -4.25. The van der Waals surface area contributed by atoms with Crippen LogP contribution in [0.3, 0.4) is 0 Å². The van der Waals surface area contributed by atoms with E-state index in [4.69, 9.17) is 23.9 Å². The lowest BCUT2D eigenvalue weighted by molar-refractivity contribution is -0.151. The van der Waals surface area contributed by atoms with Gasteiger partial charge in [-0.1, -0.05) is 42.1 Å². The first kappa shape index (κ1) is 31.2. The van der Waals surface area contributed by atoms with Gasteiger partial charge in [0.15, 0.2) is 5.17 Å². The van der Waals surface area contributed by atoms with Crippen LogP contribution in [0.25, 0.3) is 5.70 Å². The predicted octanol–water partition coefficient (Wildman–Crippen LogP) is 5.17. The van der Waals surface area contributed by atoms with Gasteiger partial charge in [-0.25, -0.2) is 9.79 Å². The maximum absolute atomic E-state index is 13.8. The highest BCUT2D eigenvalue weighted by atomic mass is 32.2. The van der Waals surface area contributed by atoms with Crippen LogP contribution in [-0.4, -0.2) is 73.3 Å². The Balaban J connectivity index is 1.52. The monoisotopic (exact) mass is 619 g/mol. The fourth-order valence-electron chi connectivity index (χ4n) is 5.72. The van der Waals surface area contributed by atoms with Gasteiger partial charge in [-0.2, -0.15) is 0 Å². The number of thioether (sulfide) groups is 1. The number of piperidine rings is 1. The van der Waals surface area contributed by atoms with Crippen LogP contribution >= 0.6 is 11.8 Å². The molecule has 0 spiro atoms. The Kier molecular flexibility index (Phi) is 9.94. The van der Waals surface area contributed by atoms with E-state index in [1.54, 1.807) is 39.0 Å². The summed E-state index contributed by atoms with van der Waals surface area (Å²) in [5.74, 6) is 0.174. The third-order valence-corrected chi connectivity index (χ3v) is 8.78. The van der Waals surface area contributed by atoms with Gasteiger partial charge in [0.25, 0.3) is 0 Å². The Morgan fingerprint density at radius 1 is 0.955 bits per heavy atom. The second-order valence-electron chi connectivity index (χ2n) is 10.4. The zero-order valence-electron chi connectivity index (χ0n) is 25.4. The number of ether oxygens (including phenoxy) is 4. The van der Waals surface area contributed by atoms with Gasteiger partial charge in [0.2, 0.25) is 5.91 Å². The average Bonchev–Trinajstić information content (AvgIpc) is 3.46. The molecule has 2 aromatic carbocycles. The largest absolute Gasteiger partial charge is 0.497 e. The van der Waals surface area contributed by atoms with E-state index in [1.165, 1.54) is 11.8 Å². The van der Waals surface area contributed by atoms with Crippen molar-refractivity contribution in [3.63, 3.8) is 0 Å². The van der Waals surface area contributed by atoms with Crippen molar-refractivity contribution < 1.29 is 33.3 Å². The van der Waals surface area contributed by atoms with Gasteiger partial charge in [0, 0.05) is 36.0 Å². The standard InChI is InChI=1S/C33H37N3O7S/c1-5-42-31(38)22-14-16-35(17-15-22)27(37)18-23-20-44-33-34-29(21-10-8-7-9-11-21)28(32(39)43-6-2)30(36(23)33)25-13-12-24(40-3)19-26(25)41-4/h7-13,19-20,22,30H,5-6,14-18H2,1-4H3. The smallest absolute Gasteiger partial charge is 0.338 e. The van der Waals surface area contributed by atoms with Crippen molar-refractivity contribution in [2.75, 3.05) is 40.5 Å². The van der Waals surface area contributed by atoms with Gasteiger partial charge < -0.3 is 28.7 Å². The van der Waals surface area contributed by atoms with Crippen LogP contribution in [0, 0.1) is 5.92 Å². The topological polar surface area (TPSA) is 107 Å². The summed E-state index contributed by atoms with van der Waals surface area (Å²) >= 11 is 1.41. The normalized spacial score (nSPS) is 18.3. The number of methoxy groups -OCH3 is 2. The van der Waals surface area contributed by atoms with E-state index in [2.05, 4.69) is 0 Å². The summed E-state index contributed by atoms with van der Waals surface area (Å²) in [6.07, 6.45) is 1.23. The molecule has 3 aliphatic rings. The van der Waals surface area contributed by atoms with E-state index in [-0.39, 0.29) is 30.8 Å². The van der Waals surface area contributed by atoms with Crippen molar-refractivity contribution in [1.82, 2.24) is 9.80 Å². The fourth-order valence-corrected chi connectivity index (χ4v) is 6.64. The molecule has 0 N–H and O–H groups in total. The number of hydrogen-bond acceptors (Lipinski definition) is 10. The Labute approximate surface area is 261 Å². The van der Waals surface area contributed by atoms with Gasteiger partial charge in [-0.3, -0.25) is 9.59 Å². The number of benzene rings is 2. The maximum Gasteiger partial charge on any atom is 0.338 e. The number of carbonyl (C=O) groups excluding carboxylic acids is 3. The zero-order chi connectivity index (χ0) is 31.2. The first-order valence-electron chi connectivity index (χ1n) is 14.8. The summed E-state index contributed by atoms with van der Waals surface area (Å²) in [4.78, 5) is 48.4. The molecule has 1 unspecified atom stereocenters. The summed E-state index contributed by atoms with van der Waals surface area (Å²) in [7, 11) is 3.15. The van der Waals surface area contributed by atoms with E-state index in [1.807, 2.05) is 52.8 Å². The minimum Gasteiger partial charge on any atom is -0.497 e. The Morgan fingerprint density at radius 2 is 1.68 bits per heavy atom. The lowest BCUT2D eigenvalue weighted by atomic mass is 9.90. The molecule has 2 aromatic rings. The number of likely N-dealkylation sites (tertiary alicyclic amines) is 1. The van der Waals surface area contributed by atoms with Crippen molar-refractivity contribution in [2.24, 2.45) is 10.9 Å². The van der Waals surface area contributed by atoms with E-state index in [9.17, 15) is 14.4 Å². The number of amides is 1. The lowest BCUT2D eigenvalue weighted by Gasteiger charge is -2.38. The quantitative estimate of drug-likeness (QED) is 0.333. The second-order valence-corrected chi connectivity index (χ2v) is 11.3. The fraction of sp³-hybridized carbons (Fsp3) is 0.394. The molecular formula is C33H37N3O7S. The number of aliphatic imine (C=N–C) groups is 1. The zero-order valence-corrected chi connectivity index (χ0v) is 26.2. The third-order valence-electron chi connectivity index (χ3n) is 7.89. The van der Waals surface area contributed by atoms with Crippen LogP contribution in [0.15, 0.2) is 70.2 Å². The molecule has 1 fully saturated rings. The van der Waals surface area contributed by atoms with Crippen molar-refractivity contribution in [3.05, 3.63) is 76.3 Å². The van der Waals surface area contributed by atoms with Crippen molar-refractivity contribution in [1.29, 1.82) is 0 Å². The summed E-state index contributed by atoms with van der Waals surface area (Å²) in [6.45, 7) is 5.05. The predicted molar refractivity (Wildman–Crippen MR) is 168 cm³/mol. The Bertz CT molecular complexity index is 1500. The van der Waals surface area contributed by atoms with Gasteiger partial charge in [-0.05, 0) is 44.2 Å². The molecule has 232 valence electrons. The van der Waals surface area contributed by atoms with Gasteiger partial charge in [0.05, 0.1) is 57.1 Å². The number of rotatable bonds is 10. The summed E-state index contributed by atoms with van der Waals surface area (Å²) in [5.41, 5.74) is 3.04. The van der Waals surface area contributed by atoms with Gasteiger partial charge >= 0.3 is 11.9 Å². The van der Waals surface area contributed by atoms with Crippen molar-refractivity contribution in [2.45, 2.75) is 39.2 Å². The molecule has 3 heterocycles. The van der Waals surface area contributed by atoms with Crippen LogP contribution in [0.1, 0.15) is 50.3 Å². The summed E-state index contributed by atoms with van der Waals surface area (Å²) in [6, 6.07) is 14.3. The molecule has 0 radical (unpaired) electrons. The van der Waals surface area contributed by atoms with E-state index >= 15 is 0 Å². The number of nitrogens with zero attached hydrogens (tertiary/aromatic N) is 3. The molecule has 11 heteroatoms. The molecule has 0 bridgehead atoms. The number of esters is 2. The lowest BCUT2D eigenvalue weighted by Crippen LogP contribution is -2.42. The maximum atomic E-state index is 13.8. The highest BCUT2D eigenvalue weighted by Crippen LogP contribution is 2.49. The Morgan fingerprint density at radius 3 is 2.34 bits per heavy atom. The number of hydrogen-bond donors (Lipinski definition) is 0. The van der Waals surface area contributed by atoms with Crippen LogP contribution in [0.4, 0.5) is 0 Å². The van der Waals surface area contributed by atoms with E-state index in [0.29, 0.717) is 71.7 Å². The van der Waals surface area contributed by atoms with E-state index < -0.39 is 12.0 Å². The highest BCUT2D eigenvalue weighted by Gasteiger charge is 2.44. The molecule has 0 aliphatic carbocycles. The second kappa shape index (κ2) is 14.0. The number of carbonyl (C=O) groups is 3. The molecule has 3 aliphatic heterocycles. The molecule has 44 heavy (non-hydrogen) atoms. The summed E-state index contributed by atoms with van der Waals surface area (Å²) in [5, 5.41) is 2.56. The van der Waals surface area contributed by atoms with E-state index in [0.717, 1.165) is 5.56 Å². The van der Waals surface area contributed by atoms with Crippen LogP contribution in [-0.2, 0) is 23.9 Å². The van der Waals surface area contributed by atoms with Crippen LogP contribution < -0.4 is 9.47 Å². The number of fused-ring (bicyclic) bond motifs is 1. The molecular weight excluding hydrogens is 582 g/mol. The van der Waals surface area contributed by atoms with Gasteiger partial charge in [0.1, 0.15) is 11.5 Å². The molecule has 1 atom stereocenters. The SMILES string of the molecule is CCOC(=O)C1=C(c2ccccc2)N=C2SC=C(CC(=O)N3CCC(C(=O)OCC)CC3)N2C1c1ccc(OC)cc1OC. The molecule has 0 saturated carbocycles. The minimum absolute atomic E-state index is 0.0589. The molecule has 5 rings (SSSR count). The van der Waals surface area contributed by atoms with Crippen molar-refractivity contribution >= 4 is 40.5 Å². The first-order chi connectivity index (χ1) is 21.4. The molecule has 10 nitrogen and oxygen atoms in total. The third kappa shape index (κ3) is 6.33. The minimum atomic E-state index is -0.693. The van der Waals surface area contributed by atoms with Gasteiger partial charge in [-0.15, -0.1) is 0 Å². The highest BCUT2D eigenvalue weighted by molar-refractivity contribution is 8.16. The van der Waals surface area contributed by atoms with Crippen LogP contribution in [0.2, 0.25) is 0 Å². The number of amidine groups is 1.